The minimum Gasteiger partial charge on any atom is -0.497 e. The number of ether oxygens (including phenoxy) is 2. The number of carbonyl (C=O) groups is 1. The molecule has 5 rings (SSSR count). The molecule has 3 aromatic heterocycles. The predicted molar refractivity (Wildman–Crippen MR) is 136 cm³/mol. The second-order valence-electron chi connectivity index (χ2n) is 8.25. The first-order valence-corrected chi connectivity index (χ1v) is 11.1. The van der Waals surface area contributed by atoms with Crippen molar-refractivity contribution in [3.63, 3.8) is 0 Å². The van der Waals surface area contributed by atoms with Crippen LogP contribution in [0, 0.1) is 5.82 Å². The second kappa shape index (κ2) is 10.4. The van der Waals surface area contributed by atoms with E-state index in [9.17, 15) is 4.79 Å². The van der Waals surface area contributed by atoms with Crippen LogP contribution in [-0.4, -0.2) is 50.5 Å². The SMILES string of the molecule is COc1cc(N=c2ccc3ncc(-c4cnn(C)c4)nc3n2CC2CCC(=O)N2)c(F)c(OC)c1.S. The summed E-state index contributed by atoms with van der Waals surface area (Å²) >= 11 is 0. The van der Waals surface area contributed by atoms with Crippen LogP contribution < -0.4 is 20.3 Å². The molecule has 12 heteroatoms. The van der Waals surface area contributed by atoms with Gasteiger partial charge in [-0.05, 0) is 18.6 Å². The second-order valence-corrected chi connectivity index (χ2v) is 8.25. The van der Waals surface area contributed by atoms with Gasteiger partial charge in [0.25, 0.3) is 0 Å². The smallest absolute Gasteiger partial charge is 0.220 e. The summed E-state index contributed by atoms with van der Waals surface area (Å²) in [5.74, 6) is -0.169. The third-order valence-electron chi connectivity index (χ3n) is 5.88. The lowest BCUT2D eigenvalue weighted by atomic mass is 10.2. The average molecular weight is 512 g/mol. The number of aromatic nitrogens is 5. The number of halogens is 1. The van der Waals surface area contributed by atoms with Gasteiger partial charge in [0.2, 0.25) is 5.91 Å². The summed E-state index contributed by atoms with van der Waals surface area (Å²) in [7, 11) is 4.70. The summed E-state index contributed by atoms with van der Waals surface area (Å²) in [4.78, 5) is 25.9. The third kappa shape index (κ3) is 4.89. The number of amides is 1. The standard InChI is InChI=1S/C24H24FN7O3.H2S/c1-31-12-14(10-27-31)19-11-26-17-5-6-21(29-18-8-16(34-2)9-20(35-3)23(18)25)32(24(17)30-19)13-15-4-7-22(33)28-15;/h5-6,8-12,15H,4,7,13H2,1-3H3,(H,28,33);1H2. The Morgan fingerprint density at radius 2 is 2.06 bits per heavy atom. The Morgan fingerprint density at radius 1 is 1.22 bits per heavy atom. The van der Waals surface area contributed by atoms with Gasteiger partial charge in [-0.25, -0.2) is 14.4 Å². The Morgan fingerprint density at radius 3 is 2.72 bits per heavy atom. The van der Waals surface area contributed by atoms with Crippen molar-refractivity contribution in [1.29, 1.82) is 0 Å². The number of aryl methyl sites for hydroxylation is 1. The maximum atomic E-state index is 15.1. The van der Waals surface area contributed by atoms with E-state index < -0.39 is 5.82 Å². The molecule has 0 radical (unpaired) electrons. The van der Waals surface area contributed by atoms with Gasteiger partial charge in [-0.3, -0.25) is 14.5 Å². The van der Waals surface area contributed by atoms with Crippen LogP contribution in [0.3, 0.4) is 0 Å². The molecular weight excluding hydrogens is 485 g/mol. The number of rotatable bonds is 6. The highest BCUT2D eigenvalue weighted by atomic mass is 32.1. The van der Waals surface area contributed by atoms with E-state index in [0.29, 0.717) is 47.5 Å². The van der Waals surface area contributed by atoms with Gasteiger partial charge in [0.05, 0.1) is 32.3 Å². The lowest BCUT2D eigenvalue weighted by molar-refractivity contribution is -0.119. The number of carbonyl (C=O) groups excluding carboxylic acids is 1. The van der Waals surface area contributed by atoms with Gasteiger partial charge >= 0.3 is 0 Å². The molecule has 36 heavy (non-hydrogen) atoms. The van der Waals surface area contributed by atoms with Crippen LogP contribution >= 0.6 is 13.5 Å². The summed E-state index contributed by atoms with van der Waals surface area (Å²) in [6.45, 7) is 0.399. The molecule has 1 amide bonds. The molecule has 4 aromatic rings. The maximum Gasteiger partial charge on any atom is 0.220 e. The van der Waals surface area contributed by atoms with Gasteiger partial charge in [0.15, 0.2) is 17.2 Å². The van der Waals surface area contributed by atoms with Crippen LogP contribution in [0.1, 0.15) is 12.8 Å². The highest BCUT2D eigenvalue weighted by Gasteiger charge is 2.22. The van der Waals surface area contributed by atoms with Crippen molar-refractivity contribution in [1.82, 2.24) is 29.6 Å². The number of benzene rings is 1. The molecule has 1 aromatic carbocycles. The van der Waals surface area contributed by atoms with E-state index in [0.717, 1.165) is 5.56 Å². The van der Waals surface area contributed by atoms with E-state index in [1.807, 2.05) is 17.8 Å². The molecule has 1 unspecified atom stereocenters. The van der Waals surface area contributed by atoms with Crippen molar-refractivity contribution < 1.29 is 18.7 Å². The van der Waals surface area contributed by atoms with Gasteiger partial charge < -0.3 is 19.4 Å². The monoisotopic (exact) mass is 511 g/mol. The molecular formula is C24H26FN7O3S. The molecule has 1 fully saturated rings. The first-order chi connectivity index (χ1) is 16.9. The normalized spacial score (nSPS) is 15.6. The molecule has 1 atom stereocenters. The Hall–Kier alpha value is -3.93. The highest BCUT2D eigenvalue weighted by molar-refractivity contribution is 7.59. The highest BCUT2D eigenvalue weighted by Crippen LogP contribution is 2.32. The molecule has 10 nitrogen and oxygen atoms in total. The summed E-state index contributed by atoms with van der Waals surface area (Å²) in [5.41, 5.74) is 3.16. The van der Waals surface area contributed by atoms with E-state index in [-0.39, 0.29) is 36.9 Å². The Kier molecular flexibility index (Phi) is 7.25. The zero-order valence-electron chi connectivity index (χ0n) is 20.0. The number of fused-ring (bicyclic) bond motifs is 1. The third-order valence-corrected chi connectivity index (χ3v) is 5.88. The summed E-state index contributed by atoms with van der Waals surface area (Å²) in [6, 6.07) is 6.39. The van der Waals surface area contributed by atoms with Crippen molar-refractivity contribution in [3.8, 4) is 22.8 Å². The molecule has 1 N–H and O–H groups in total. The fraction of sp³-hybridized carbons (Fsp3) is 0.292. The fourth-order valence-corrected chi connectivity index (χ4v) is 4.09. The van der Waals surface area contributed by atoms with Crippen molar-refractivity contribution in [2.75, 3.05) is 14.2 Å². The minimum atomic E-state index is -0.607. The van der Waals surface area contributed by atoms with E-state index in [1.165, 1.54) is 26.4 Å². The fourth-order valence-electron chi connectivity index (χ4n) is 4.09. The molecule has 0 aliphatic carbocycles. The maximum absolute atomic E-state index is 15.1. The molecule has 1 aliphatic rings. The Bertz CT molecular complexity index is 1500. The lowest BCUT2D eigenvalue weighted by Gasteiger charge is -2.16. The molecule has 0 bridgehead atoms. The first kappa shape index (κ1) is 25.2. The molecule has 1 aliphatic heterocycles. The van der Waals surface area contributed by atoms with Crippen molar-refractivity contribution in [2.45, 2.75) is 25.4 Å². The number of methoxy groups -OCH3 is 2. The average Bonchev–Trinajstić information content (AvgIpc) is 3.49. The van der Waals surface area contributed by atoms with Gasteiger partial charge in [0, 0.05) is 49.9 Å². The quantitative estimate of drug-likeness (QED) is 0.426. The molecule has 0 spiro atoms. The van der Waals surface area contributed by atoms with Gasteiger partial charge in [-0.2, -0.15) is 18.6 Å². The topological polar surface area (TPSA) is 108 Å². The number of hydrogen-bond donors (Lipinski definition) is 1. The van der Waals surface area contributed by atoms with E-state index in [4.69, 9.17) is 14.5 Å². The summed E-state index contributed by atoms with van der Waals surface area (Å²) in [5, 5.41) is 7.19. The van der Waals surface area contributed by atoms with Crippen LogP contribution in [0.2, 0.25) is 0 Å². The number of pyridine rings is 1. The Labute approximate surface area is 213 Å². The van der Waals surface area contributed by atoms with Gasteiger partial charge in [-0.1, -0.05) is 0 Å². The molecule has 4 heterocycles. The van der Waals surface area contributed by atoms with Crippen LogP contribution in [0.5, 0.6) is 11.5 Å². The Balaban J connectivity index is 0.00000304. The number of nitrogens with one attached hydrogen (secondary N) is 1. The van der Waals surface area contributed by atoms with E-state index in [1.54, 1.807) is 29.2 Å². The zero-order chi connectivity index (χ0) is 24.5. The summed E-state index contributed by atoms with van der Waals surface area (Å²) < 4.78 is 29.1. The van der Waals surface area contributed by atoms with Crippen LogP contribution in [0.25, 0.3) is 22.4 Å². The van der Waals surface area contributed by atoms with Gasteiger partial charge in [-0.15, -0.1) is 0 Å². The van der Waals surface area contributed by atoms with Crippen molar-refractivity contribution in [2.24, 2.45) is 12.0 Å². The van der Waals surface area contributed by atoms with Crippen molar-refractivity contribution in [3.05, 3.63) is 54.2 Å². The molecule has 0 saturated carbocycles. The first-order valence-electron chi connectivity index (χ1n) is 11.1. The summed E-state index contributed by atoms with van der Waals surface area (Å²) in [6.07, 6.45) is 6.38. The van der Waals surface area contributed by atoms with Crippen LogP contribution in [-0.2, 0) is 18.4 Å². The van der Waals surface area contributed by atoms with Crippen LogP contribution in [0.15, 0.2) is 47.8 Å². The van der Waals surface area contributed by atoms with Crippen LogP contribution in [0.4, 0.5) is 10.1 Å². The number of nitrogens with zero attached hydrogens (tertiary/aromatic N) is 6. The number of hydrogen-bond acceptors (Lipinski definition) is 7. The van der Waals surface area contributed by atoms with E-state index >= 15 is 4.39 Å². The zero-order valence-corrected chi connectivity index (χ0v) is 21.0. The lowest BCUT2D eigenvalue weighted by Crippen LogP contribution is -2.34. The predicted octanol–water partition coefficient (Wildman–Crippen LogP) is 2.61. The largest absolute Gasteiger partial charge is 0.497 e. The minimum absolute atomic E-state index is 0. The molecule has 1 saturated heterocycles. The van der Waals surface area contributed by atoms with Crippen molar-refractivity contribution >= 4 is 36.3 Å². The molecule has 188 valence electrons. The van der Waals surface area contributed by atoms with E-state index in [2.05, 4.69) is 20.4 Å². The van der Waals surface area contributed by atoms with Gasteiger partial charge in [0.1, 0.15) is 22.4 Å².